The quantitative estimate of drug-likeness (QED) is 0.882. The van der Waals surface area contributed by atoms with Crippen molar-refractivity contribution in [2.45, 2.75) is 38.1 Å². The van der Waals surface area contributed by atoms with Gasteiger partial charge in [-0.1, -0.05) is 23.9 Å². The zero-order valence-corrected chi connectivity index (χ0v) is 13.8. The standard InChI is InChI=1S/C15H20N4OS/c1-9-6-7-10(2)13(8-9)16-14(20)11(3)21-15-18-17-12(4)19(15)5/h6-8,11H,1-5H3,(H,16,20)/t11-/m1/s1. The van der Waals surface area contributed by atoms with Gasteiger partial charge in [0.2, 0.25) is 5.91 Å². The zero-order chi connectivity index (χ0) is 15.6. The summed E-state index contributed by atoms with van der Waals surface area (Å²) in [4.78, 5) is 12.3. The highest BCUT2D eigenvalue weighted by molar-refractivity contribution is 8.00. The van der Waals surface area contributed by atoms with Crippen LogP contribution in [0.5, 0.6) is 0 Å². The molecule has 0 bridgehead atoms. The molecule has 0 aliphatic carbocycles. The summed E-state index contributed by atoms with van der Waals surface area (Å²) in [6, 6.07) is 6.03. The van der Waals surface area contributed by atoms with E-state index < -0.39 is 0 Å². The highest BCUT2D eigenvalue weighted by Crippen LogP contribution is 2.23. The number of thioether (sulfide) groups is 1. The van der Waals surface area contributed by atoms with E-state index in [4.69, 9.17) is 0 Å². The minimum Gasteiger partial charge on any atom is -0.325 e. The monoisotopic (exact) mass is 304 g/mol. The number of hydrogen-bond acceptors (Lipinski definition) is 4. The van der Waals surface area contributed by atoms with Crippen molar-refractivity contribution in [3.63, 3.8) is 0 Å². The average Bonchev–Trinajstić information content (AvgIpc) is 2.74. The largest absolute Gasteiger partial charge is 0.325 e. The molecular formula is C15H20N4OS. The first kappa shape index (κ1) is 15.6. The number of anilines is 1. The van der Waals surface area contributed by atoms with E-state index in [2.05, 4.69) is 15.5 Å². The number of hydrogen-bond donors (Lipinski definition) is 1. The Bertz CT molecular complexity index is 666. The molecule has 1 aromatic heterocycles. The maximum Gasteiger partial charge on any atom is 0.237 e. The van der Waals surface area contributed by atoms with E-state index in [1.165, 1.54) is 11.8 Å². The van der Waals surface area contributed by atoms with Gasteiger partial charge in [0, 0.05) is 12.7 Å². The van der Waals surface area contributed by atoms with Crippen LogP contribution in [-0.4, -0.2) is 25.9 Å². The van der Waals surface area contributed by atoms with Crippen molar-refractivity contribution < 1.29 is 4.79 Å². The van der Waals surface area contributed by atoms with Gasteiger partial charge in [-0.05, 0) is 44.9 Å². The Morgan fingerprint density at radius 3 is 2.62 bits per heavy atom. The van der Waals surface area contributed by atoms with Crippen LogP contribution in [0.2, 0.25) is 0 Å². The molecule has 2 rings (SSSR count). The van der Waals surface area contributed by atoms with Crippen LogP contribution in [0.15, 0.2) is 23.4 Å². The van der Waals surface area contributed by atoms with Crippen LogP contribution < -0.4 is 5.32 Å². The van der Waals surface area contributed by atoms with Crippen LogP contribution in [0.25, 0.3) is 0 Å². The Morgan fingerprint density at radius 2 is 2.00 bits per heavy atom. The topological polar surface area (TPSA) is 59.8 Å². The molecule has 1 N–H and O–H groups in total. The third kappa shape index (κ3) is 3.64. The third-order valence-electron chi connectivity index (χ3n) is 3.35. The minimum absolute atomic E-state index is 0.0330. The molecule has 0 saturated heterocycles. The fourth-order valence-corrected chi connectivity index (χ4v) is 2.67. The number of nitrogens with zero attached hydrogens (tertiary/aromatic N) is 3. The third-order valence-corrected chi connectivity index (χ3v) is 4.49. The first-order valence-electron chi connectivity index (χ1n) is 6.79. The molecule has 6 heteroatoms. The second-order valence-corrected chi connectivity index (χ2v) is 6.46. The molecule has 1 aromatic carbocycles. The lowest BCUT2D eigenvalue weighted by Gasteiger charge is -2.13. The van der Waals surface area contributed by atoms with Crippen molar-refractivity contribution >= 4 is 23.4 Å². The van der Waals surface area contributed by atoms with Gasteiger partial charge in [-0.25, -0.2) is 0 Å². The van der Waals surface area contributed by atoms with E-state index in [1.54, 1.807) is 0 Å². The Balaban J connectivity index is 2.06. The predicted molar refractivity (Wildman–Crippen MR) is 85.6 cm³/mol. The first-order chi connectivity index (χ1) is 9.88. The summed E-state index contributed by atoms with van der Waals surface area (Å²) in [5, 5.41) is 11.6. The molecule has 0 unspecified atom stereocenters. The summed E-state index contributed by atoms with van der Waals surface area (Å²) >= 11 is 1.41. The van der Waals surface area contributed by atoms with E-state index in [0.717, 1.165) is 27.8 Å². The van der Waals surface area contributed by atoms with Crippen LogP contribution in [0.4, 0.5) is 5.69 Å². The van der Waals surface area contributed by atoms with E-state index in [0.29, 0.717) is 0 Å². The maximum atomic E-state index is 12.3. The van der Waals surface area contributed by atoms with Gasteiger partial charge in [-0.2, -0.15) is 0 Å². The number of carbonyl (C=O) groups is 1. The van der Waals surface area contributed by atoms with Crippen molar-refractivity contribution in [2.75, 3.05) is 5.32 Å². The summed E-state index contributed by atoms with van der Waals surface area (Å²) in [7, 11) is 1.90. The molecule has 112 valence electrons. The van der Waals surface area contributed by atoms with Crippen molar-refractivity contribution in [1.29, 1.82) is 0 Å². The molecule has 21 heavy (non-hydrogen) atoms. The molecule has 1 amide bonds. The summed E-state index contributed by atoms with van der Waals surface area (Å²) < 4.78 is 1.88. The summed E-state index contributed by atoms with van der Waals surface area (Å²) in [6.45, 7) is 7.75. The number of rotatable bonds is 4. The first-order valence-corrected chi connectivity index (χ1v) is 7.67. The lowest BCUT2D eigenvalue weighted by molar-refractivity contribution is -0.115. The summed E-state index contributed by atoms with van der Waals surface area (Å²) in [6.07, 6.45) is 0. The molecule has 0 aliphatic heterocycles. The smallest absolute Gasteiger partial charge is 0.237 e. The van der Waals surface area contributed by atoms with E-state index >= 15 is 0 Å². The van der Waals surface area contributed by atoms with Gasteiger partial charge in [0.1, 0.15) is 5.82 Å². The van der Waals surface area contributed by atoms with Gasteiger partial charge in [-0.15, -0.1) is 10.2 Å². The SMILES string of the molecule is Cc1ccc(C)c(NC(=O)[C@@H](C)Sc2nnc(C)n2C)c1. The van der Waals surface area contributed by atoms with Crippen LogP contribution >= 0.6 is 11.8 Å². The van der Waals surface area contributed by atoms with Crippen molar-refractivity contribution in [1.82, 2.24) is 14.8 Å². The number of benzene rings is 1. The Morgan fingerprint density at radius 1 is 1.29 bits per heavy atom. The molecule has 5 nitrogen and oxygen atoms in total. The molecule has 0 fully saturated rings. The number of amides is 1. The lowest BCUT2D eigenvalue weighted by Crippen LogP contribution is -2.23. The molecule has 1 atom stereocenters. The molecule has 0 aliphatic rings. The van der Waals surface area contributed by atoms with E-state index in [9.17, 15) is 4.79 Å². The lowest BCUT2D eigenvalue weighted by atomic mass is 10.1. The summed E-state index contributed by atoms with van der Waals surface area (Å²) in [5.41, 5.74) is 3.04. The normalized spacial score (nSPS) is 12.2. The fraction of sp³-hybridized carbons (Fsp3) is 0.400. The highest BCUT2D eigenvalue weighted by atomic mass is 32.2. The van der Waals surface area contributed by atoms with Gasteiger partial charge in [0.05, 0.1) is 5.25 Å². The van der Waals surface area contributed by atoms with Crippen LogP contribution in [0.1, 0.15) is 23.9 Å². The zero-order valence-electron chi connectivity index (χ0n) is 13.0. The highest BCUT2D eigenvalue weighted by Gasteiger charge is 2.18. The molecule has 2 aromatic rings. The maximum absolute atomic E-state index is 12.3. The Kier molecular flexibility index (Phi) is 4.67. The van der Waals surface area contributed by atoms with E-state index in [1.807, 2.05) is 57.5 Å². The number of nitrogens with one attached hydrogen (secondary N) is 1. The van der Waals surface area contributed by atoms with Crippen LogP contribution in [-0.2, 0) is 11.8 Å². The van der Waals surface area contributed by atoms with Gasteiger partial charge >= 0.3 is 0 Å². The molecular weight excluding hydrogens is 284 g/mol. The average molecular weight is 304 g/mol. The molecule has 1 heterocycles. The Hall–Kier alpha value is -1.82. The van der Waals surface area contributed by atoms with Gasteiger partial charge < -0.3 is 9.88 Å². The Labute approximate surface area is 129 Å². The minimum atomic E-state index is -0.243. The van der Waals surface area contributed by atoms with Crippen LogP contribution in [0, 0.1) is 20.8 Å². The molecule has 0 radical (unpaired) electrons. The number of aromatic nitrogens is 3. The predicted octanol–water partition coefficient (Wildman–Crippen LogP) is 2.86. The van der Waals surface area contributed by atoms with Gasteiger partial charge in [0.15, 0.2) is 5.16 Å². The molecule has 0 saturated carbocycles. The number of aryl methyl sites for hydroxylation is 3. The second-order valence-electron chi connectivity index (χ2n) is 5.16. The van der Waals surface area contributed by atoms with Crippen LogP contribution in [0.3, 0.4) is 0 Å². The summed E-state index contributed by atoms with van der Waals surface area (Å²) in [5.74, 6) is 0.800. The molecule has 0 spiro atoms. The van der Waals surface area contributed by atoms with Crippen molar-refractivity contribution in [3.05, 3.63) is 35.2 Å². The van der Waals surface area contributed by atoms with E-state index in [-0.39, 0.29) is 11.2 Å². The second kappa shape index (κ2) is 6.30. The number of carbonyl (C=O) groups excluding carboxylic acids is 1. The van der Waals surface area contributed by atoms with Gasteiger partial charge in [0.25, 0.3) is 0 Å². The fourth-order valence-electron chi connectivity index (χ4n) is 1.81. The van der Waals surface area contributed by atoms with Crippen molar-refractivity contribution in [2.24, 2.45) is 7.05 Å². The van der Waals surface area contributed by atoms with Gasteiger partial charge in [-0.3, -0.25) is 4.79 Å². The van der Waals surface area contributed by atoms with Crippen molar-refractivity contribution in [3.8, 4) is 0 Å².